The number of hydrogen-bond acceptors (Lipinski definition) is 4. The van der Waals surface area contributed by atoms with Gasteiger partial charge in [-0.05, 0) is 12.0 Å². The van der Waals surface area contributed by atoms with E-state index in [1.54, 1.807) is 0 Å². The number of aromatic nitrogens is 3. The lowest BCUT2D eigenvalue weighted by Crippen LogP contribution is -2.03. The zero-order valence-corrected chi connectivity index (χ0v) is 12.2. The summed E-state index contributed by atoms with van der Waals surface area (Å²) in [6.07, 6.45) is 0.780. The van der Waals surface area contributed by atoms with E-state index in [1.165, 1.54) is 17.3 Å². The summed E-state index contributed by atoms with van der Waals surface area (Å²) in [6.45, 7) is 0. The van der Waals surface area contributed by atoms with Crippen LogP contribution >= 0.6 is 35.0 Å². The summed E-state index contributed by atoms with van der Waals surface area (Å²) in [5.74, 6) is 0.510. The van der Waals surface area contributed by atoms with Crippen LogP contribution in [0, 0.1) is 5.92 Å². The van der Waals surface area contributed by atoms with Crippen molar-refractivity contribution in [2.75, 3.05) is 5.73 Å². The summed E-state index contributed by atoms with van der Waals surface area (Å²) in [5.41, 5.74) is 6.71. The highest BCUT2D eigenvalue weighted by molar-refractivity contribution is 7.99. The molecule has 1 aromatic heterocycles. The van der Waals surface area contributed by atoms with Gasteiger partial charge in [-0.1, -0.05) is 42.1 Å². The lowest BCUT2D eigenvalue weighted by molar-refractivity contribution is 0.790. The van der Waals surface area contributed by atoms with Crippen molar-refractivity contribution in [1.29, 1.82) is 0 Å². The van der Waals surface area contributed by atoms with E-state index >= 15 is 0 Å². The van der Waals surface area contributed by atoms with Gasteiger partial charge in [0.05, 0.1) is 0 Å². The van der Waals surface area contributed by atoms with Crippen LogP contribution < -0.4 is 5.73 Å². The van der Waals surface area contributed by atoms with Crippen LogP contribution in [0.4, 0.5) is 5.95 Å². The molecule has 1 aliphatic rings. The van der Waals surface area contributed by atoms with E-state index < -0.39 is 4.33 Å². The Balaban J connectivity index is 1.85. The zero-order valence-electron chi connectivity index (χ0n) is 9.88. The van der Waals surface area contributed by atoms with E-state index in [-0.39, 0.29) is 11.2 Å². The minimum absolute atomic E-state index is 0.131. The van der Waals surface area contributed by atoms with Crippen molar-refractivity contribution in [3.05, 3.63) is 35.9 Å². The zero-order chi connectivity index (χ0) is 13.5. The molecule has 0 radical (unpaired) electrons. The average Bonchev–Trinajstić information content (AvgIpc) is 2.81. The fraction of sp³-hybridized carbons (Fsp3) is 0.333. The van der Waals surface area contributed by atoms with Crippen molar-refractivity contribution in [2.24, 2.45) is 5.92 Å². The van der Waals surface area contributed by atoms with Gasteiger partial charge >= 0.3 is 0 Å². The molecule has 1 aliphatic carbocycles. The van der Waals surface area contributed by atoms with Gasteiger partial charge in [0.25, 0.3) is 0 Å². The monoisotopic (exact) mass is 314 g/mol. The van der Waals surface area contributed by atoms with E-state index in [2.05, 4.69) is 27.3 Å². The molecule has 2 aromatic rings. The molecule has 3 N–H and O–H groups in total. The van der Waals surface area contributed by atoms with Crippen molar-refractivity contribution < 1.29 is 0 Å². The Morgan fingerprint density at radius 1 is 1.37 bits per heavy atom. The summed E-state index contributed by atoms with van der Waals surface area (Å²) in [5, 5.41) is 7.43. The SMILES string of the molecule is Nc1nc(SC(c2ccccc2)C2CC2(Cl)Cl)n[nH]1. The minimum atomic E-state index is -0.643. The number of halogens is 2. The fourth-order valence-electron chi connectivity index (χ4n) is 2.01. The van der Waals surface area contributed by atoms with Gasteiger partial charge in [0.15, 0.2) is 0 Å². The second kappa shape index (κ2) is 4.89. The Labute approximate surface area is 125 Å². The highest BCUT2D eigenvalue weighted by Gasteiger charge is 2.56. The van der Waals surface area contributed by atoms with Crippen LogP contribution in [0.2, 0.25) is 0 Å². The van der Waals surface area contributed by atoms with Crippen LogP contribution in [0.5, 0.6) is 0 Å². The molecule has 3 rings (SSSR count). The van der Waals surface area contributed by atoms with Crippen LogP contribution in [0.3, 0.4) is 0 Å². The van der Waals surface area contributed by atoms with Gasteiger partial charge in [-0.2, -0.15) is 4.98 Å². The smallest absolute Gasteiger partial charge is 0.216 e. The van der Waals surface area contributed by atoms with E-state index in [0.29, 0.717) is 11.1 Å². The third kappa shape index (κ3) is 2.83. The number of rotatable bonds is 4. The molecule has 2 unspecified atom stereocenters. The first-order valence-corrected chi connectivity index (χ1v) is 7.47. The number of anilines is 1. The second-order valence-corrected chi connectivity index (χ2v) is 7.18. The molecule has 0 bridgehead atoms. The van der Waals surface area contributed by atoms with Gasteiger partial charge in [-0.25, -0.2) is 5.10 Å². The quantitative estimate of drug-likeness (QED) is 0.670. The van der Waals surface area contributed by atoms with Crippen LogP contribution in [0.1, 0.15) is 17.2 Å². The van der Waals surface area contributed by atoms with Gasteiger partial charge < -0.3 is 5.73 Å². The maximum Gasteiger partial charge on any atom is 0.216 e. The lowest BCUT2D eigenvalue weighted by atomic mass is 10.1. The first kappa shape index (κ1) is 13.1. The second-order valence-electron chi connectivity index (χ2n) is 4.52. The van der Waals surface area contributed by atoms with Gasteiger partial charge in [-0.3, -0.25) is 0 Å². The average molecular weight is 315 g/mol. The molecule has 1 aromatic carbocycles. The number of nitrogen functional groups attached to an aromatic ring is 1. The van der Waals surface area contributed by atoms with Crippen molar-refractivity contribution in [3.63, 3.8) is 0 Å². The Kier molecular flexibility index (Phi) is 3.37. The topological polar surface area (TPSA) is 67.6 Å². The molecule has 0 spiro atoms. The normalized spacial score (nSPS) is 22.1. The van der Waals surface area contributed by atoms with Crippen molar-refractivity contribution in [1.82, 2.24) is 15.2 Å². The maximum atomic E-state index is 6.20. The van der Waals surface area contributed by atoms with Crippen molar-refractivity contribution in [2.45, 2.75) is 21.2 Å². The number of alkyl halides is 2. The third-order valence-electron chi connectivity index (χ3n) is 3.08. The van der Waals surface area contributed by atoms with Crippen LogP contribution in [-0.2, 0) is 0 Å². The number of hydrogen-bond donors (Lipinski definition) is 2. The van der Waals surface area contributed by atoms with E-state index in [0.717, 1.165) is 6.42 Å². The van der Waals surface area contributed by atoms with Gasteiger partial charge in [0.1, 0.15) is 4.33 Å². The maximum absolute atomic E-state index is 6.20. The lowest BCUT2D eigenvalue weighted by Gasteiger charge is -2.15. The number of nitrogens with zero attached hydrogens (tertiary/aromatic N) is 2. The molecule has 1 saturated carbocycles. The van der Waals surface area contributed by atoms with Crippen LogP contribution in [0.15, 0.2) is 35.5 Å². The molecule has 19 heavy (non-hydrogen) atoms. The van der Waals surface area contributed by atoms with Crippen molar-refractivity contribution >= 4 is 40.9 Å². The van der Waals surface area contributed by atoms with Crippen molar-refractivity contribution in [3.8, 4) is 0 Å². The van der Waals surface area contributed by atoms with Gasteiger partial charge in [-0.15, -0.1) is 28.3 Å². The van der Waals surface area contributed by atoms with Gasteiger partial charge in [0, 0.05) is 11.2 Å². The first-order chi connectivity index (χ1) is 9.06. The number of aromatic amines is 1. The van der Waals surface area contributed by atoms with Crippen LogP contribution in [-0.4, -0.2) is 19.5 Å². The number of nitrogens with one attached hydrogen (secondary N) is 1. The Morgan fingerprint density at radius 3 is 2.58 bits per heavy atom. The molecule has 100 valence electrons. The van der Waals surface area contributed by atoms with Crippen LogP contribution in [0.25, 0.3) is 0 Å². The van der Waals surface area contributed by atoms with Gasteiger partial charge in [0.2, 0.25) is 11.1 Å². The molecule has 1 fully saturated rings. The summed E-state index contributed by atoms with van der Waals surface area (Å²) in [6, 6.07) is 10.1. The molecule has 4 nitrogen and oxygen atoms in total. The summed E-state index contributed by atoms with van der Waals surface area (Å²) < 4.78 is -0.643. The molecule has 0 amide bonds. The molecule has 2 atom stereocenters. The predicted octanol–water partition coefficient (Wildman–Crippen LogP) is 3.41. The molecular formula is C12H12Cl2N4S. The minimum Gasteiger partial charge on any atom is -0.368 e. The molecule has 7 heteroatoms. The standard InChI is InChI=1S/C12H12Cl2N4S/c13-12(14)6-8(12)9(7-4-2-1-3-5-7)19-11-16-10(15)17-18-11/h1-5,8-9H,6H2,(H3,15,16,17,18). The van der Waals surface area contributed by atoms with E-state index in [1.807, 2.05) is 18.2 Å². The Hall–Kier alpha value is -0.910. The molecule has 0 saturated heterocycles. The summed E-state index contributed by atoms with van der Waals surface area (Å²) >= 11 is 13.9. The largest absolute Gasteiger partial charge is 0.368 e. The van der Waals surface area contributed by atoms with E-state index in [9.17, 15) is 0 Å². The number of benzene rings is 1. The molecule has 1 heterocycles. The summed E-state index contributed by atoms with van der Waals surface area (Å²) in [7, 11) is 0. The highest BCUT2D eigenvalue weighted by atomic mass is 35.5. The Morgan fingerprint density at radius 2 is 2.05 bits per heavy atom. The highest BCUT2D eigenvalue weighted by Crippen LogP contribution is 2.63. The number of nitrogens with two attached hydrogens (primary N) is 1. The van der Waals surface area contributed by atoms with E-state index in [4.69, 9.17) is 28.9 Å². The summed E-state index contributed by atoms with van der Waals surface area (Å²) in [4.78, 5) is 4.12. The Bertz CT molecular complexity index is 572. The first-order valence-electron chi connectivity index (χ1n) is 5.83. The number of H-pyrrole nitrogens is 1. The number of thioether (sulfide) groups is 1. The predicted molar refractivity (Wildman–Crippen MR) is 78.4 cm³/mol. The third-order valence-corrected chi connectivity index (χ3v) is 5.20. The molecular weight excluding hydrogens is 303 g/mol. The molecule has 0 aliphatic heterocycles. The fourth-order valence-corrected chi connectivity index (χ4v) is 4.01.